The predicted molar refractivity (Wildman–Crippen MR) is 53.7 cm³/mol. The Kier molecular flexibility index (Phi) is 2.94. The summed E-state index contributed by atoms with van der Waals surface area (Å²) in [4.78, 5) is 0. The molecule has 0 saturated carbocycles. The van der Waals surface area contributed by atoms with Crippen LogP contribution in [0.3, 0.4) is 0 Å². The molecule has 1 aliphatic heterocycles. The first-order valence-corrected chi connectivity index (χ1v) is 5.99. The van der Waals surface area contributed by atoms with Gasteiger partial charge in [0.25, 0.3) is 0 Å². The molecule has 1 aliphatic rings. The summed E-state index contributed by atoms with van der Waals surface area (Å²) in [5, 5.41) is 3.49. The van der Waals surface area contributed by atoms with Gasteiger partial charge < -0.3 is 5.32 Å². The van der Waals surface area contributed by atoms with E-state index in [-0.39, 0.29) is 5.41 Å². The highest BCUT2D eigenvalue weighted by molar-refractivity contribution is 7.85. The third-order valence-corrected chi connectivity index (χ3v) is 3.90. The van der Waals surface area contributed by atoms with E-state index in [1.807, 2.05) is 0 Å². The Hall–Kier alpha value is 0.110. The SMILES string of the molecule is CC1CS(=O)CC(C(C)(C)C)N1. The largest absolute Gasteiger partial charge is 0.309 e. The number of nitrogens with one attached hydrogen (secondary N) is 1. The van der Waals surface area contributed by atoms with Crippen molar-refractivity contribution in [1.29, 1.82) is 0 Å². The molecule has 1 rings (SSSR count). The van der Waals surface area contributed by atoms with Crippen molar-refractivity contribution >= 4 is 10.8 Å². The van der Waals surface area contributed by atoms with Gasteiger partial charge in [-0.3, -0.25) is 4.21 Å². The van der Waals surface area contributed by atoms with Crippen LogP contribution in [-0.4, -0.2) is 27.8 Å². The third-order valence-electron chi connectivity index (χ3n) is 2.32. The van der Waals surface area contributed by atoms with Crippen LogP contribution in [0.25, 0.3) is 0 Å². The quantitative estimate of drug-likeness (QED) is 0.619. The molecule has 0 spiro atoms. The summed E-state index contributed by atoms with van der Waals surface area (Å²) >= 11 is 0. The second-order valence-electron chi connectivity index (χ2n) is 4.76. The lowest BCUT2D eigenvalue weighted by Gasteiger charge is -2.37. The van der Waals surface area contributed by atoms with Crippen molar-refractivity contribution < 1.29 is 4.21 Å². The van der Waals surface area contributed by atoms with E-state index in [4.69, 9.17) is 0 Å². The van der Waals surface area contributed by atoms with Crippen LogP contribution in [0.1, 0.15) is 27.7 Å². The van der Waals surface area contributed by atoms with Crippen LogP contribution in [0.15, 0.2) is 0 Å². The molecule has 0 amide bonds. The topological polar surface area (TPSA) is 29.1 Å². The van der Waals surface area contributed by atoms with Crippen molar-refractivity contribution in [3.8, 4) is 0 Å². The van der Waals surface area contributed by atoms with E-state index in [0.717, 1.165) is 11.5 Å². The summed E-state index contributed by atoms with van der Waals surface area (Å²) in [5.41, 5.74) is 0.227. The second-order valence-corrected chi connectivity index (χ2v) is 6.31. The molecule has 72 valence electrons. The smallest absolute Gasteiger partial charge is 0.0394 e. The van der Waals surface area contributed by atoms with Gasteiger partial charge in [0, 0.05) is 34.4 Å². The Morgan fingerprint density at radius 1 is 1.33 bits per heavy atom. The van der Waals surface area contributed by atoms with Crippen LogP contribution >= 0.6 is 0 Å². The van der Waals surface area contributed by atoms with Crippen molar-refractivity contribution in [2.75, 3.05) is 11.5 Å². The summed E-state index contributed by atoms with van der Waals surface area (Å²) in [6.45, 7) is 8.69. The zero-order valence-corrected chi connectivity index (χ0v) is 9.20. The molecule has 12 heavy (non-hydrogen) atoms. The first-order chi connectivity index (χ1) is 5.39. The highest BCUT2D eigenvalue weighted by Crippen LogP contribution is 2.22. The molecule has 3 unspecified atom stereocenters. The molecule has 0 aromatic rings. The fourth-order valence-electron chi connectivity index (χ4n) is 1.47. The Balaban J connectivity index is 2.62. The van der Waals surface area contributed by atoms with Gasteiger partial charge in [-0.05, 0) is 12.3 Å². The zero-order chi connectivity index (χ0) is 9.35. The lowest BCUT2D eigenvalue weighted by atomic mass is 9.87. The van der Waals surface area contributed by atoms with E-state index in [9.17, 15) is 4.21 Å². The van der Waals surface area contributed by atoms with E-state index in [2.05, 4.69) is 33.0 Å². The van der Waals surface area contributed by atoms with Gasteiger partial charge in [-0.1, -0.05) is 20.8 Å². The van der Waals surface area contributed by atoms with Gasteiger partial charge in [0.2, 0.25) is 0 Å². The van der Waals surface area contributed by atoms with Crippen LogP contribution in [0.5, 0.6) is 0 Å². The average molecular weight is 189 g/mol. The van der Waals surface area contributed by atoms with E-state index >= 15 is 0 Å². The summed E-state index contributed by atoms with van der Waals surface area (Å²) < 4.78 is 11.4. The second kappa shape index (κ2) is 3.46. The first-order valence-electron chi connectivity index (χ1n) is 4.50. The van der Waals surface area contributed by atoms with Crippen molar-refractivity contribution in [1.82, 2.24) is 5.32 Å². The lowest BCUT2D eigenvalue weighted by molar-refractivity contribution is 0.269. The van der Waals surface area contributed by atoms with Crippen LogP contribution in [0, 0.1) is 5.41 Å². The fourth-order valence-corrected chi connectivity index (χ4v) is 3.23. The molecule has 1 fully saturated rings. The molecule has 1 N–H and O–H groups in total. The maximum absolute atomic E-state index is 11.4. The molecule has 0 aromatic carbocycles. The molecule has 3 atom stereocenters. The Morgan fingerprint density at radius 2 is 1.92 bits per heavy atom. The maximum atomic E-state index is 11.4. The van der Waals surface area contributed by atoms with Gasteiger partial charge in [0.05, 0.1) is 0 Å². The van der Waals surface area contributed by atoms with Crippen molar-refractivity contribution in [2.24, 2.45) is 5.41 Å². The molecule has 0 bridgehead atoms. The van der Waals surface area contributed by atoms with Crippen molar-refractivity contribution in [3.05, 3.63) is 0 Å². The highest BCUT2D eigenvalue weighted by Gasteiger charge is 2.31. The predicted octanol–water partition coefficient (Wildman–Crippen LogP) is 1.14. The fraction of sp³-hybridized carbons (Fsp3) is 1.00. The third kappa shape index (κ3) is 2.56. The van der Waals surface area contributed by atoms with Crippen LogP contribution in [0.4, 0.5) is 0 Å². The minimum absolute atomic E-state index is 0.227. The molecule has 1 saturated heterocycles. The van der Waals surface area contributed by atoms with E-state index in [1.54, 1.807) is 0 Å². The Labute approximate surface area is 77.6 Å². The standard InChI is InChI=1S/C9H19NOS/c1-7-5-12(11)6-8(10-7)9(2,3)4/h7-8,10H,5-6H2,1-4H3. The van der Waals surface area contributed by atoms with Gasteiger partial charge >= 0.3 is 0 Å². The molecule has 1 heterocycles. The van der Waals surface area contributed by atoms with Crippen LogP contribution in [-0.2, 0) is 10.8 Å². The van der Waals surface area contributed by atoms with E-state index < -0.39 is 10.8 Å². The first kappa shape index (κ1) is 10.2. The van der Waals surface area contributed by atoms with Crippen molar-refractivity contribution in [3.63, 3.8) is 0 Å². The minimum Gasteiger partial charge on any atom is -0.309 e. The van der Waals surface area contributed by atoms with Gasteiger partial charge in [-0.2, -0.15) is 0 Å². The lowest BCUT2D eigenvalue weighted by Crippen LogP contribution is -2.54. The summed E-state index contributed by atoms with van der Waals surface area (Å²) in [5.74, 6) is 1.63. The van der Waals surface area contributed by atoms with Gasteiger partial charge in [-0.25, -0.2) is 0 Å². The van der Waals surface area contributed by atoms with Crippen LogP contribution < -0.4 is 5.32 Å². The maximum Gasteiger partial charge on any atom is 0.0394 e. The summed E-state index contributed by atoms with van der Waals surface area (Å²) in [6, 6.07) is 0.811. The molecule has 3 heteroatoms. The molecule has 0 aliphatic carbocycles. The Bertz CT molecular complexity index is 185. The molecule has 0 radical (unpaired) electrons. The van der Waals surface area contributed by atoms with Crippen molar-refractivity contribution in [2.45, 2.75) is 39.8 Å². The van der Waals surface area contributed by atoms with Gasteiger partial charge in [0.15, 0.2) is 0 Å². The van der Waals surface area contributed by atoms with E-state index in [1.165, 1.54) is 0 Å². The highest BCUT2D eigenvalue weighted by atomic mass is 32.2. The average Bonchev–Trinajstić information content (AvgIpc) is 1.82. The minimum atomic E-state index is -0.609. The number of hydrogen-bond donors (Lipinski definition) is 1. The van der Waals surface area contributed by atoms with Gasteiger partial charge in [-0.15, -0.1) is 0 Å². The molecular formula is C9H19NOS. The van der Waals surface area contributed by atoms with Gasteiger partial charge in [0.1, 0.15) is 0 Å². The summed E-state index contributed by atoms with van der Waals surface area (Å²) in [7, 11) is -0.609. The summed E-state index contributed by atoms with van der Waals surface area (Å²) in [6.07, 6.45) is 0. The van der Waals surface area contributed by atoms with Crippen LogP contribution in [0.2, 0.25) is 0 Å². The monoisotopic (exact) mass is 189 g/mol. The molecular weight excluding hydrogens is 170 g/mol. The number of rotatable bonds is 0. The Morgan fingerprint density at radius 3 is 2.33 bits per heavy atom. The molecule has 2 nitrogen and oxygen atoms in total. The van der Waals surface area contributed by atoms with E-state index in [0.29, 0.717) is 12.1 Å². The zero-order valence-electron chi connectivity index (χ0n) is 8.39. The normalized spacial score (nSPS) is 38.2. The molecule has 0 aromatic heterocycles. The number of hydrogen-bond acceptors (Lipinski definition) is 2.